The van der Waals surface area contributed by atoms with Crippen LogP contribution in [0.1, 0.15) is 13.8 Å². The predicted octanol–water partition coefficient (Wildman–Crippen LogP) is -3.93. The maximum atomic E-state index is 12.1. The van der Waals surface area contributed by atoms with Crippen LogP contribution in [0.25, 0.3) is 0 Å². The summed E-state index contributed by atoms with van der Waals surface area (Å²) in [5.41, 5.74) is -2.52. The summed E-state index contributed by atoms with van der Waals surface area (Å²) in [6.07, 6.45) is -10.6. The smallest absolute Gasteiger partial charge is 0.303 e. The van der Waals surface area contributed by atoms with E-state index in [9.17, 15) is 40.2 Å². The van der Waals surface area contributed by atoms with Crippen LogP contribution in [0.15, 0.2) is 0 Å². The lowest BCUT2D eigenvalue weighted by molar-refractivity contribution is -0.283. The molecular weight excluding hydrogens is 316 g/mol. The summed E-state index contributed by atoms with van der Waals surface area (Å²) < 4.78 is 10.1. The molecule has 0 spiro atoms. The number of aliphatic hydroxyl groups is 6. The zero-order chi connectivity index (χ0) is 17.9. The molecule has 134 valence electrons. The molecule has 1 fully saturated rings. The summed E-state index contributed by atoms with van der Waals surface area (Å²) in [5.74, 6) is -1.97. The second-order valence-corrected chi connectivity index (χ2v) is 5.39. The first-order valence-electron chi connectivity index (χ1n) is 6.93. The Labute approximate surface area is 131 Å². The average Bonchev–Trinajstić information content (AvgIpc) is 2.49. The van der Waals surface area contributed by atoms with Gasteiger partial charge in [-0.2, -0.15) is 0 Å². The molecular formula is C13H22O10. The number of rotatable bonds is 6. The van der Waals surface area contributed by atoms with E-state index in [1.165, 1.54) is 0 Å². The number of esters is 1. The van der Waals surface area contributed by atoms with Crippen LogP contribution in [0, 0.1) is 0 Å². The highest BCUT2D eigenvalue weighted by Crippen LogP contribution is 2.34. The third-order valence-corrected chi connectivity index (χ3v) is 3.85. The predicted molar refractivity (Wildman–Crippen MR) is 72.0 cm³/mol. The lowest BCUT2D eigenvalue weighted by Crippen LogP contribution is -2.71. The van der Waals surface area contributed by atoms with Crippen molar-refractivity contribution in [1.29, 1.82) is 0 Å². The minimum atomic E-state index is -2.52. The Hall–Kier alpha value is -1.14. The third-order valence-electron chi connectivity index (χ3n) is 3.85. The van der Waals surface area contributed by atoms with Crippen molar-refractivity contribution in [3.05, 3.63) is 0 Å². The number of hydrogen-bond acceptors (Lipinski definition) is 10. The Morgan fingerprint density at radius 2 is 1.70 bits per heavy atom. The zero-order valence-electron chi connectivity index (χ0n) is 12.7. The van der Waals surface area contributed by atoms with Crippen LogP contribution in [0.2, 0.25) is 0 Å². The third kappa shape index (κ3) is 3.53. The molecule has 0 aromatic rings. The van der Waals surface area contributed by atoms with Crippen LogP contribution < -0.4 is 0 Å². The molecule has 7 atom stereocenters. The highest BCUT2D eigenvalue weighted by molar-refractivity contribution is 5.89. The van der Waals surface area contributed by atoms with Gasteiger partial charge in [-0.25, -0.2) is 0 Å². The molecule has 0 radical (unpaired) electrons. The van der Waals surface area contributed by atoms with E-state index in [1.807, 2.05) is 0 Å². The van der Waals surface area contributed by atoms with Crippen LogP contribution in [-0.2, 0) is 19.1 Å². The molecule has 1 aliphatic rings. The molecule has 23 heavy (non-hydrogen) atoms. The van der Waals surface area contributed by atoms with Crippen molar-refractivity contribution < 1.29 is 49.7 Å². The van der Waals surface area contributed by atoms with Crippen LogP contribution in [-0.4, -0.2) is 97.8 Å². The van der Waals surface area contributed by atoms with E-state index in [0.29, 0.717) is 0 Å². The van der Waals surface area contributed by atoms with Gasteiger partial charge < -0.3 is 40.1 Å². The van der Waals surface area contributed by atoms with E-state index in [1.54, 1.807) is 0 Å². The van der Waals surface area contributed by atoms with Gasteiger partial charge >= 0.3 is 5.97 Å². The molecule has 0 bridgehead atoms. The maximum Gasteiger partial charge on any atom is 0.303 e. The van der Waals surface area contributed by atoms with Gasteiger partial charge in [0.05, 0.1) is 13.2 Å². The SMILES string of the molecule is CC(=O)OC(C(C)=O)(C(O)CO)C1O[C@H](CO)[C@H](O)[C@H](O)[C@H]1O. The molecule has 0 saturated carbocycles. The quantitative estimate of drug-likeness (QED) is 0.262. The van der Waals surface area contributed by atoms with E-state index in [0.717, 1.165) is 13.8 Å². The molecule has 0 amide bonds. The van der Waals surface area contributed by atoms with Gasteiger partial charge in [0.1, 0.15) is 36.6 Å². The van der Waals surface area contributed by atoms with E-state index in [4.69, 9.17) is 9.47 Å². The van der Waals surface area contributed by atoms with Crippen molar-refractivity contribution in [2.75, 3.05) is 13.2 Å². The van der Waals surface area contributed by atoms with Crippen molar-refractivity contribution in [3.8, 4) is 0 Å². The number of ketones is 1. The number of carbonyl (C=O) groups excluding carboxylic acids is 2. The summed E-state index contributed by atoms with van der Waals surface area (Å²) in [6, 6.07) is 0. The molecule has 1 aliphatic heterocycles. The van der Waals surface area contributed by atoms with Gasteiger partial charge in [0.15, 0.2) is 5.78 Å². The van der Waals surface area contributed by atoms with Crippen molar-refractivity contribution >= 4 is 11.8 Å². The van der Waals surface area contributed by atoms with Crippen molar-refractivity contribution in [3.63, 3.8) is 0 Å². The summed E-state index contributed by atoms with van der Waals surface area (Å²) in [4.78, 5) is 23.4. The molecule has 10 nitrogen and oxygen atoms in total. The zero-order valence-corrected chi connectivity index (χ0v) is 12.7. The highest BCUT2D eigenvalue weighted by atomic mass is 16.6. The molecule has 10 heteroatoms. The normalized spacial score (nSPS) is 35.2. The molecule has 1 rings (SSSR count). The molecule has 6 N–H and O–H groups in total. The number of carbonyl (C=O) groups is 2. The van der Waals surface area contributed by atoms with Crippen molar-refractivity contribution in [2.24, 2.45) is 0 Å². The van der Waals surface area contributed by atoms with Crippen LogP contribution in [0.4, 0.5) is 0 Å². The summed E-state index contributed by atoms with van der Waals surface area (Å²) in [5, 5.41) is 58.1. The topological polar surface area (TPSA) is 174 Å². The number of aliphatic hydroxyl groups excluding tert-OH is 6. The average molecular weight is 338 g/mol. The molecule has 3 unspecified atom stereocenters. The van der Waals surface area contributed by atoms with Gasteiger partial charge in [-0.1, -0.05) is 0 Å². The summed E-state index contributed by atoms with van der Waals surface area (Å²) in [6.45, 7) is 0.0850. The van der Waals surface area contributed by atoms with Gasteiger partial charge in [-0.15, -0.1) is 0 Å². The second-order valence-electron chi connectivity index (χ2n) is 5.39. The molecule has 0 aliphatic carbocycles. The fourth-order valence-corrected chi connectivity index (χ4v) is 2.65. The highest BCUT2D eigenvalue weighted by Gasteiger charge is 2.60. The van der Waals surface area contributed by atoms with Crippen LogP contribution in [0.5, 0.6) is 0 Å². The Kier molecular flexibility index (Phi) is 6.59. The van der Waals surface area contributed by atoms with Crippen molar-refractivity contribution in [1.82, 2.24) is 0 Å². The minimum absolute atomic E-state index is 0.773. The minimum Gasteiger partial charge on any atom is -0.445 e. The Morgan fingerprint density at radius 3 is 2.09 bits per heavy atom. The maximum absolute atomic E-state index is 12.1. The van der Waals surface area contributed by atoms with Crippen LogP contribution in [0.3, 0.4) is 0 Å². The Balaban J connectivity index is 3.38. The van der Waals surface area contributed by atoms with E-state index < -0.39 is 67.2 Å². The van der Waals surface area contributed by atoms with Gasteiger partial charge in [0.2, 0.25) is 5.60 Å². The monoisotopic (exact) mass is 338 g/mol. The first kappa shape index (κ1) is 19.9. The fraction of sp³-hybridized carbons (Fsp3) is 0.846. The summed E-state index contributed by atoms with van der Waals surface area (Å²) >= 11 is 0. The van der Waals surface area contributed by atoms with Crippen molar-refractivity contribution in [2.45, 2.75) is 56.1 Å². The lowest BCUT2D eigenvalue weighted by atomic mass is 9.79. The van der Waals surface area contributed by atoms with E-state index >= 15 is 0 Å². The lowest BCUT2D eigenvalue weighted by Gasteiger charge is -2.48. The van der Waals surface area contributed by atoms with Crippen LogP contribution >= 0.6 is 0 Å². The largest absolute Gasteiger partial charge is 0.445 e. The second kappa shape index (κ2) is 7.62. The standard InChI is InChI=1S/C13H22O10/c1-5(16)13(8(18)4-15,23-6(2)17)12-11(21)10(20)9(19)7(3-14)22-12/h7-12,14-15,18-21H,3-4H2,1-2H3/t7-,8?,9+,10+,11-,12?,13?/m1/s1. The first-order valence-corrected chi connectivity index (χ1v) is 6.93. The first-order chi connectivity index (χ1) is 10.6. The number of ether oxygens (including phenoxy) is 2. The Bertz CT molecular complexity index is 438. The van der Waals surface area contributed by atoms with E-state index in [2.05, 4.69) is 0 Å². The molecule has 1 heterocycles. The number of hydrogen-bond donors (Lipinski definition) is 6. The molecule has 0 aromatic carbocycles. The van der Waals surface area contributed by atoms with Gasteiger partial charge in [-0.05, 0) is 6.92 Å². The summed E-state index contributed by atoms with van der Waals surface area (Å²) in [7, 11) is 0. The van der Waals surface area contributed by atoms with Gasteiger partial charge in [0, 0.05) is 6.92 Å². The Morgan fingerprint density at radius 1 is 1.13 bits per heavy atom. The molecule has 1 saturated heterocycles. The van der Waals surface area contributed by atoms with Gasteiger partial charge in [-0.3, -0.25) is 9.59 Å². The fourth-order valence-electron chi connectivity index (χ4n) is 2.65. The number of Topliss-reactive ketones (excluding diaryl/α,β-unsaturated/α-hetero) is 1. The molecule has 0 aromatic heterocycles. The van der Waals surface area contributed by atoms with Gasteiger partial charge in [0.25, 0.3) is 0 Å². The van der Waals surface area contributed by atoms with E-state index in [-0.39, 0.29) is 0 Å².